The summed E-state index contributed by atoms with van der Waals surface area (Å²) >= 11 is 12.3. The molecule has 5 N–H and O–H groups in total. The smallest absolute Gasteiger partial charge is 0.343 e. The number of piperidine rings is 1. The van der Waals surface area contributed by atoms with Gasteiger partial charge in [-0.25, -0.2) is 13.2 Å². The Kier molecular flexibility index (Phi) is 10.6. The van der Waals surface area contributed by atoms with Crippen molar-refractivity contribution in [3.63, 3.8) is 0 Å². The first-order valence-electron chi connectivity index (χ1n) is 14.5. The average Bonchev–Trinajstić information content (AvgIpc) is 3.41. The molecule has 4 aromatic rings. The number of sulfonamides is 1. The Labute approximate surface area is 261 Å². The lowest BCUT2D eigenvalue weighted by molar-refractivity contribution is 0.256. The molecule has 0 spiro atoms. The molecule has 0 amide bonds. The van der Waals surface area contributed by atoms with Crippen LogP contribution in [0.4, 0.5) is 0 Å². The van der Waals surface area contributed by atoms with Crippen LogP contribution in [0.25, 0.3) is 16.7 Å². The Morgan fingerprint density at radius 2 is 1.79 bits per heavy atom. The number of nitrogens with one attached hydrogen (secondary N) is 3. The molecule has 13 heteroatoms. The molecule has 1 saturated heterocycles. The van der Waals surface area contributed by atoms with Gasteiger partial charge in [-0.15, -0.1) is 0 Å². The first-order chi connectivity index (χ1) is 20.7. The highest BCUT2D eigenvalue weighted by Gasteiger charge is 2.31. The minimum Gasteiger partial charge on any atom is -0.343 e. The molecule has 2 aromatic carbocycles. The normalized spacial score (nSPS) is 14.6. The van der Waals surface area contributed by atoms with Gasteiger partial charge in [0.2, 0.25) is 10.0 Å². The molecule has 0 saturated carbocycles. The summed E-state index contributed by atoms with van der Waals surface area (Å²) in [6.45, 7) is 3.97. The minimum atomic E-state index is -3.64. The van der Waals surface area contributed by atoms with Gasteiger partial charge in [0.25, 0.3) is 0 Å². The number of H-pyrrole nitrogens is 1. The number of nitrogens with two attached hydrogens (primary N) is 1. The number of aryl methyl sites for hydroxylation is 1. The number of aromatic nitrogens is 3. The molecular formula is C30H37Cl2N7O3S. The Morgan fingerprint density at radius 3 is 2.51 bits per heavy atom. The predicted molar refractivity (Wildman–Crippen MR) is 172 cm³/mol. The number of nitrogens with zero attached hydrogens (tertiary/aromatic N) is 3. The van der Waals surface area contributed by atoms with Gasteiger partial charge < -0.3 is 21.4 Å². The van der Waals surface area contributed by atoms with E-state index in [0.29, 0.717) is 33.6 Å². The summed E-state index contributed by atoms with van der Waals surface area (Å²) in [4.78, 5) is 20.2. The molecular weight excluding hydrogens is 609 g/mol. The quantitative estimate of drug-likeness (QED) is 0.163. The van der Waals surface area contributed by atoms with Crippen LogP contribution in [-0.2, 0) is 29.5 Å². The fourth-order valence-corrected chi connectivity index (χ4v) is 7.37. The highest BCUT2D eigenvalue weighted by molar-refractivity contribution is 7.89. The number of fused-ring (bicyclic) bond motifs is 1. The zero-order valence-corrected chi connectivity index (χ0v) is 26.2. The van der Waals surface area contributed by atoms with Gasteiger partial charge in [0.15, 0.2) is 0 Å². The second-order valence-electron chi connectivity index (χ2n) is 10.8. The lowest BCUT2D eigenvalue weighted by atomic mass is 10.1. The number of benzene rings is 2. The van der Waals surface area contributed by atoms with Crippen LogP contribution in [-0.4, -0.2) is 65.2 Å². The highest BCUT2D eigenvalue weighted by atomic mass is 35.5. The molecule has 1 fully saturated rings. The highest BCUT2D eigenvalue weighted by Crippen LogP contribution is 2.26. The molecule has 0 radical (unpaired) electrons. The first-order valence-corrected chi connectivity index (χ1v) is 16.9. The van der Waals surface area contributed by atoms with Crippen LogP contribution >= 0.6 is 23.2 Å². The van der Waals surface area contributed by atoms with E-state index < -0.39 is 15.7 Å². The monoisotopic (exact) mass is 645 g/mol. The van der Waals surface area contributed by atoms with E-state index in [2.05, 4.69) is 20.6 Å². The summed E-state index contributed by atoms with van der Waals surface area (Å²) < 4.78 is 30.6. The van der Waals surface area contributed by atoms with Crippen LogP contribution in [0, 0.1) is 0 Å². The van der Waals surface area contributed by atoms with Crippen LogP contribution in [0.2, 0.25) is 10.0 Å². The Balaban J connectivity index is 1.31. The van der Waals surface area contributed by atoms with E-state index in [1.807, 2.05) is 36.4 Å². The van der Waals surface area contributed by atoms with Gasteiger partial charge in [0.1, 0.15) is 5.65 Å². The van der Waals surface area contributed by atoms with E-state index in [9.17, 15) is 13.2 Å². The zero-order chi connectivity index (χ0) is 30.4. The second-order valence-corrected chi connectivity index (χ2v) is 13.7. The van der Waals surface area contributed by atoms with Crippen molar-refractivity contribution < 1.29 is 8.42 Å². The van der Waals surface area contributed by atoms with Crippen LogP contribution in [0.5, 0.6) is 0 Å². The third-order valence-electron chi connectivity index (χ3n) is 7.69. The van der Waals surface area contributed by atoms with Crippen molar-refractivity contribution in [2.75, 3.05) is 31.9 Å². The van der Waals surface area contributed by atoms with Crippen molar-refractivity contribution in [2.45, 2.75) is 44.8 Å². The van der Waals surface area contributed by atoms with Gasteiger partial charge in [-0.2, -0.15) is 9.29 Å². The van der Waals surface area contributed by atoms with Crippen LogP contribution in [0.3, 0.4) is 0 Å². The molecule has 0 unspecified atom stereocenters. The molecule has 230 valence electrons. The Morgan fingerprint density at radius 1 is 1.05 bits per heavy atom. The summed E-state index contributed by atoms with van der Waals surface area (Å²) in [5, 5.41) is 8.20. The maximum atomic E-state index is 13.7. The van der Waals surface area contributed by atoms with Crippen LogP contribution < -0.4 is 22.1 Å². The molecule has 0 aliphatic carbocycles. The summed E-state index contributed by atoms with van der Waals surface area (Å²) in [7, 11) is -3.64. The molecule has 43 heavy (non-hydrogen) atoms. The molecule has 2 aromatic heterocycles. The number of hydrogen-bond donors (Lipinski definition) is 4. The average molecular weight is 647 g/mol. The SMILES string of the molecule is NCCCNCc1ccc(-n2cc3cc(CCS(=O)(=O)N(Cc4ccc(Cl)c(Cl)c4)C4CCNCC4)[nH]c3nc2=O)cc1. The van der Waals surface area contributed by atoms with Gasteiger partial charge in [-0.3, -0.25) is 4.57 Å². The summed E-state index contributed by atoms with van der Waals surface area (Å²) in [6, 6.07) is 14.7. The van der Waals surface area contributed by atoms with E-state index in [-0.39, 0.29) is 24.8 Å². The third kappa shape index (κ3) is 8.04. The predicted octanol–water partition coefficient (Wildman–Crippen LogP) is 3.59. The van der Waals surface area contributed by atoms with Crippen molar-refractivity contribution in [1.82, 2.24) is 29.5 Å². The molecule has 0 atom stereocenters. The number of halogens is 2. The van der Waals surface area contributed by atoms with E-state index in [1.165, 1.54) is 4.57 Å². The first kappa shape index (κ1) is 31.6. The maximum absolute atomic E-state index is 13.7. The standard InChI is InChI=1S/C30H37Cl2N7O3S/c31-27-7-4-22(16-28(27)32)19-39(26-8-13-34-14-9-26)43(41,42)15-10-24-17-23-20-38(30(40)37-29(23)36-24)25-5-2-21(3-6-25)18-35-12-1-11-33/h2-7,16-17,20,26,34-35H,1,8-15,18-19,33H2,(H,36,37,40). The van der Waals surface area contributed by atoms with Gasteiger partial charge in [0, 0.05) is 42.8 Å². The van der Waals surface area contributed by atoms with Crippen molar-refractivity contribution in [2.24, 2.45) is 5.73 Å². The molecule has 0 bridgehead atoms. The number of rotatable bonds is 13. The van der Waals surface area contributed by atoms with Crippen LogP contribution in [0.1, 0.15) is 36.1 Å². The van der Waals surface area contributed by atoms with Gasteiger partial charge in [-0.05, 0) is 86.9 Å². The van der Waals surface area contributed by atoms with Crippen molar-refractivity contribution in [3.8, 4) is 5.69 Å². The topological polar surface area (TPSA) is 138 Å². The van der Waals surface area contributed by atoms with E-state index in [1.54, 1.807) is 22.6 Å². The van der Waals surface area contributed by atoms with Crippen LogP contribution in [0.15, 0.2) is 59.5 Å². The van der Waals surface area contributed by atoms with Gasteiger partial charge >= 0.3 is 5.69 Å². The number of hydrogen-bond acceptors (Lipinski definition) is 7. The molecule has 1 aliphatic rings. The summed E-state index contributed by atoms with van der Waals surface area (Å²) in [5.41, 5.74) is 8.84. The zero-order valence-electron chi connectivity index (χ0n) is 23.9. The third-order valence-corrected chi connectivity index (χ3v) is 10.3. The lowest BCUT2D eigenvalue weighted by Crippen LogP contribution is -2.46. The maximum Gasteiger partial charge on any atom is 0.354 e. The van der Waals surface area contributed by atoms with E-state index in [0.717, 1.165) is 62.0 Å². The van der Waals surface area contributed by atoms with E-state index in [4.69, 9.17) is 28.9 Å². The largest absolute Gasteiger partial charge is 0.354 e. The summed E-state index contributed by atoms with van der Waals surface area (Å²) in [6.07, 6.45) is 4.36. The van der Waals surface area contributed by atoms with Crippen molar-refractivity contribution in [1.29, 1.82) is 0 Å². The minimum absolute atomic E-state index is 0.0872. The fourth-order valence-electron chi connectivity index (χ4n) is 5.33. The van der Waals surface area contributed by atoms with Gasteiger partial charge in [-0.1, -0.05) is 41.4 Å². The van der Waals surface area contributed by atoms with Gasteiger partial charge in [0.05, 0.1) is 21.5 Å². The second kappa shape index (κ2) is 14.3. The van der Waals surface area contributed by atoms with Crippen molar-refractivity contribution >= 4 is 44.3 Å². The van der Waals surface area contributed by atoms with E-state index >= 15 is 0 Å². The Bertz CT molecular complexity index is 1700. The summed E-state index contributed by atoms with van der Waals surface area (Å²) in [5.74, 6) is -0.0872. The molecule has 3 heterocycles. The van der Waals surface area contributed by atoms with Crippen molar-refractivity contribution in [3.05, 3.63) is 92.1 Å². The molecule has 1 aliphatic heterocycles. The number of aromatic amines is 1. The fraction of sp³-hybridized carbons (Fsp3) is 0.400. The lowest BCUT2D eigenvalue weighted by Gasteiger charge is -2.34. The molecule has 5 rings (SSSR count). The Hall–Kier alpha value is -2.77. The molecule has 10 nitrogen and oxygen atoms in total.